The summed E-state index contributed by atoms with van der Waals surface area (Å²) in [6, 6.07) is 13.6. The lowest BCUT2D eigenvalue weighted by atomic mass is 10.2. The molecule has 1 atom stereocenters. The van der Waals surface area contributed by atoms with E-state index in [1.165, 1.54) is 10.2 Å². The smallest absolute Gasteiger partial charge is 0.407 e. The summed E-state index contributed by atoms with van der Waals surface area (Å²) in [6.45, 7) is 8.73. The molecule has 9 nitrogen and oxygen atoms in total. The van der Waals surface area contributed by atoms with Crippen LogP contribution >= 0.6 is 0 Å². The van der Waals surface area contributed by atoms with Gasteiger partial charge in [-0.2, -0.15) is 0 Å². The Kier molecular flexibility index (Phi) is 8.99. The Bertz CT molecular complexity index is 1260. The monoisotopic (exact) mass is 517 g/mol. The van der Waals surface area contributed by atoms with E-state index < -0.39 is 27.8 Å². The summed E-state index contributed by atoms with van der Waals surface area (Å²) in [7, 11) is -3.75. The number of aliphatic hydroxyl groups excluding tert-OH is 1. The highest BCUT2D eigenvalue weighted by molar-refractivity contribution is 7.90. The molecule has 0 saturated heterocycles. The molecule has 0 fully saturated rings. The second-order valence-electron chi connectivity index (χ2n) is 9.57. The maximum Gasteiger partial charge on any atom is 0.407 e. The third-order valence-electron chi connectivity index (χ3n) is 5.24. The van der Waals surface area contributed by atoms with Crippen molar-refractivity contribution >= 4 is 27.0 Å². The molecule has 0 saturated carbocycles. The molecule has 0 aliphatic rings. The highest BCUT2D eigenvalue weighted by Gasteiger charge is 2.20. The summed E-state index contributed by atoms with van der Waals surface area (Å²) in [5, 5.41) is 16.7. The Morgan fingerprint density at radius 3 is 2.50 bits per heavy atom. The van der Waals surface area contributed by atoms with E-state index in [0.29, 0.717) is 42.7 Å². The Labute approximate surface area is 212 Å². The number of alkyl carbamates (subject to hydrolysis) is 1. The molecular weight excluding hydrogens is 482 g/mol. The van der Waals surface area contributed by atoms with Crippen molar-refractivity contribution in [1.82, 2.24) is 14.6 Å². The molecule has 2 aromatic carbocycles. The van der Waals surface area contributed by atoms with Crippen LogP contribution in [0.2, 0.25) is 0 Å². The van der Waals surface area contributed by atoms with E-state index in [9.17, 15) is 18.3 Å². The van der Waals surface area contributed by atoms with Gasteiger partial charge in [0.1, 0.15) is 24.1 Å². The minimum atomic E-state index is -3.75. The van der Waals surface area contributed by atoms with Crippen molar-refractivity contribution in [2.45, 2.75) is 50.7 Å². The molecule has 3 N–H and O–H groups in total. The van der Waals surface area contributed by atoms with Gasteiger partial charge in [0.25, 0.3) is 10.0 Å². The van der Waals surface area contributed by atoms with Crippen LogP contribution in [0.1, 0.15) is 32.8 Å². The maximum atomic E-state index is 13.1. The highest BCUT2D eigenvalue weighted by Crippen LogP contribution is 2.29. The average Bonchev–Trinajstić information content (AvgIpc) is 3.25. The predicted molar refractivity (Wildman–Crippen MR) is 139 cm³/mol. The Morgan fingerprint density at radius 1 is 1.08 bits per heavy atom. The first-order valence-corrected chi connectivity index (χ1v) is 13.3. The number of amides is 1. The lowest BCUT2D eigenvalue weighted by molar-refractivity contribution is 0.0527. The van der Waals surface area contributed by atoms with Gasteiger partial charge in [-0.1, -0.05) is 23.8 Å². The first-order chi connectivity index (χ1) is 17.0. The van der Waals surface area contributed by atoms with Gasteiger partial charge in [0.2, 0.25) is 0 Å². The molecule has 3 aromatic rings. The summed E-state index contributed by atoms with van der Waals surface area (Å²) in [5.41, 5.74) is 0.944. The van der Waals surface area contributed by atoms with Gasteiger partial charge >= 0.3 is 6.09 Å². The highest BCUT2D eigenvalue weighted by atomic mass is 32.2. The number of carbonyl (C=O) groups excluding carboxylic acids is 1. The van der Waals surface area contributed by atoms with E-state index in [1.807, 2.05) is 6.92 Å². The SMILES string of the molecule is Cc1ccc(S(=O)(=O)n2ccc3c(OCC(O)CNCCCNC(=O)OC(C)(C)C)cccc32)cc1. The van der Waals surface area contributed by atoms with E-state index in [0.717, 1.165) is 5.56 Å². The fourth-order valence-electron chi connectivity index (χ4n) is 3.51. The normalized spacial score (nSPS) is 12.9. The summed E-state index contributed by atoms with van der Waals surface area (Å²) in [4.78, 5) is 11.8. The van der Waals surface area contributed by atoms with Crippen LogP contribution in [0, 0.1) is 6.92 Å². The van der Waals surface area contributed by atoms with Crippen molar-refractivity contribution < 1.29 is 27.8 Å². The van der Waals surface area contributed by atoms with E-state index in [-0.39, 0.29) is 11.5 Å². The van der Waals surface area contributed by atoms with Crippen LogP contribution in [0.5, 0.6) is 5.75 Å². The van der Waals surface area contributed by atoms with E-state index in [1.54, 1.807) is 69.3 Å². The number of hydrogen-bond acceptors (Lipinski definition) is 7. The van der Waals surface area contributed by atoms with Crippen LogP contribution in [-0.4, -0.2) is 61.5 Å². The maximum absolute atomic E-state index is 13.1. The minimum Gasteiger partial charge on any atom is -0.490 e. The van der Waals surface area contributed by atoms with Crippen LogP contribution in [0.15, 0.2) is 59.6 Å². The number of rotatable bonds is 11. The lowest BCUT2D eigenvalue weighted by Gasteiger charge is -2.19. The number of aromatic nitrogens is 1. The van der Waals surface area contributed by atoms with Gasteiger partial charge in [-0.25, -0.2) is 17.2 Å². The summed E-state index contributed by atoms with van der Waals surface area (Å²) in [5.74, 6) is 0.492. The van der Waals surface area contributed by atoms with Crippen molar-refractivity contribution in [3.8, 4) is 5.75 Å². The second-order valence-corrected chi connectivity index (χ2v) is 11.4. The summed E-state index contributed by atoms with van der Waals surface area (Å²) >= 11 is 0. The molecule has 0 spiro atoms. The molecule has 1 heterocycles. The number of carbonyl (C=O) groups is 1. The minimum absolute atomic E-state index is 0.0398. The van der Waals surface area contributed by atoms with Crippen LogP contribution in [0.25, 0.3) is 10.9 Å². The Hall–Kier alpha value is -3.08. The lowest BCUT2D eigenvalue weighted by Crippen LogP contribution is -2.35. The molecule has 3 rings (SSSR count). The number of ether oxygens (including phenoxy) is 2. The molecule has 36 heavy (non-hydrogen) atoms. The van der Waals surface area contributed by atoms with Crippen LogP contribution in [-0.2, 0) is 14.8 Å². The van der Waals surface area contributed by atoms with Gasteiger partial charge in [0.05, 0.1) is 10.4 Å². The second kappa shape index (κ2) is 11.8. The zero-order valence-corrected chi connectivity index (χ0v) is 22.0. The standard InChI is InChI=1S/C26H35N3O6S/c1-19-9-11-21(12-10-19)36(32,33)29-16-13-22-23(29)7-5-8-24(22)34-18-20(30)17-27-14-6-15-28-25(31)35-26(2,3)4/h5,7-13,16,20,27,30H,6,14-15,17-18H2,1-4H3,(H,28,31). The topological polar surface area (TPSA) is 119 Å². The first kappa shape index (κ1) is 27.5. The van der Waals surface area contributed by atoms with E-state index in [2.05, 4.69) is 10.6 Å². The summed E-state index contributed by atoms with van der Waals surface area (Å²) < 4.78 is 38.5. The van der Waals surface area contributed by atoms with Gasteiger partial charge in [-0.3, -0.25) is 0 Å². The molecular formula is C26H35N3O6S. The number of benzene rings is 2. The zero-order valence-electron chi connectivity index (χ0n) is 21.2. The van der Waals surface area contributed by atoms with E-state index in [4.69, 9.17) is 9.47 Å². The van der Waals surface area contributed by atoms with Crippen LogP contribution in [0.3, 0.4) is 0 Å². The van der Waals surface area contributed by atoms with Gasteiger partial charge in [0, 0.05) is 24.7 Å². The summed E-state index contributed by atoms with van der Waals surface area (Å²) in [6.07, 6.45) is 0.966. The predicted octanol–water partition coefficient (Wildman–Crippen LogP) is 3.43. The Morgan fingerprint density at radius 2 is 1.81 bits per heavy atom. The Balaban J connectivity index is 1.50. The van der Waals surface area contributed by atoms with Crippen molar-refractivity contribution in [3.63, 3.8) is 0 Å². The van der Waals surface area contributed by atoms with Crippen LogP contribution < -0.4 is 15.4 Å². The molecule has 0 bridgehead atoms. The number of nitrogens with one attached hydrogen (secondary N) is 2. The molecule has 0 aliphatic carbocycles. The van der Waals surface area contributed by atoms with Crippen molar-refractivity contribution in [2.24, 2.45) is 0 Å². The van der Waals surface area contributed by atoms with Gasteiger partial charge in [-0.05, 0) is 71.0 Å². The quantitative estimate of drug-likeness (QED) is 0.334. The zero-order chi connectivity index (χ0) is 26.3. The third kappa shape index (κ3) is 7.46. The van der Waals surface area contributed by atoms with Gasteiger partial charge < -0.3 is 25.2 Å². The fourth-order valence-corrected chi connectivity index (χ4v) is 4.85. The molecule has 0 aliphatic heterocycles. The van der Waals surface area contributed by atoms with Gasteiger partial charge in [0.15, 0.2) is 0 Å². The molecule has 1 unspecified atom stereocenters. The first-order valence-electron chi connectivity index (χ1n) is 11.9. The molecule has 1 amide bonds. The van der Waals surface area contributed by atoms with Gasteiger partial charge in [-0.15, -0.1) is 0 Å². The molecule has 0 radical (unpaired) electrons. The van der Waals surface area contributed by atoms with Crippen LogP contribution in [0.4, 0.5) is 4.79 Å². The van der Waals surface area contributed by atoms with Crippen molar-refractivity contribution in [3.05, 3.63) is 60.3 Å². The fraction of sp³-hybridized carbons (Fsp3) is 0.423. The number of aryl methyl sites for hydroxylation is 1. The molecule has 196 valence electrons. The molecule has 10 heteroatoms. The van der Waals surface area contributed by atoms with Crippen molar-refractivity contribution in [1.29, 1.82) is 0 Å². The number of hydrogen-bond donors (Lipinski definition) is 3. The average molecular weight is 518 g/mol. The number of nitrogens with zero attached hydrogens (tertiary/aromatic N) is 1. The third-order valence-corrected chi connectivity index (χ3v) is 6.95. The largest absolute Gasteiger partial charge is 0.490 e. The van der Waals surface area contributed by atoms with Crippen molar-refractivity contribution in [2.75, 3.05) is 26.2 Å². The van der Waals surface area contributed by atoms with E-state index >= 15 is 0 Å². The number of aliphatic hydroxyl groups is 1. The number of fused-ring (bicyclic) bond motifs is 1. The molecule has 1 aromatic heterocycles.